The maximum atomic E-state index is 14.0. The van der Waals surface area contributed by atoms with Crippen molar-refractivity contribution in [2.75, 3.05) is 7.11 Å². The van der Waals surface area contributed by atoms with Crippen LogP contribution in [0.4, 0.5) is 8.78 Å². The van der Waals surface area contributed by atoms with E-state index in [9.17, 15) is 8.78 Å². The van der Waals surface area contributed by atoms with E-state index in [2.05, 4.69) is 10.2 Å². The van der Waals surface area contributed by atoms with Gasteiger partial charge in [-0.1, -0.05) is 30.3 Å². The average molecular weight is 390 g/mol. The Bertz CT molecular complexity index is 1130. The molecule has 4 aromatic rings. The second kappa shape index (κ2) is 8.06. The number of ether oxygens (including phenoxy) is 2. The standard InChI is InChI=1S/C23H16F2N2O2/c1-28-18-10-7-16(8-11-18)23-19(15-5-3-2-4-6-15)14-22(26-27-23)29-21-12-9-17(24)13-20(21)25/h2-14H,1H3. The Labute approximate surface area is 166 Å². The van der Waals surface area contributed by atoms with E-state index in [0.29, 0.717) is 5.69 Å². The lowest BCUT2D eigenvalue weighted by molar-refractivity contribution is 0.415. The number of rotatable bonds is 5. The second-order valence-electron chi connectivity index (χ2n) is 6.22. The molecule has 0 fully saturated rings. The summed E-state index contributed by atoms with van der Waals surface area (Å²) in [5.41, 5.74) is 3.16. The number of benzene rings is 3. The first-order chi connectivity index (χ1) is 14.1. The lowest BCUT2D eigenvalue weighted by atomic mass is 10.00. The van der Waals surface area contributed by atoms with Crippen LogP contribution in [-0.2, 0) is 0 Å². The van der Waals surface area contributed by atoms with E-state index >= 15 is 0 Å². The zero-order valence-electron chi connectivity index (χ0n) is 15.5. The first kappa shape index (κ1) is 18.6. The molecule has 4 nitrogen and oxygen atoms in total. The molecule has 4 rings (SSSR count). The van der Waals surface area contributed by atoms with Crippen LogP contribution in [0, 0.1) is 11.6 Å². The lowest BCUT2D eigenvalue weighted by Crippen LogP contribution is -1.98. The third kappa shape index (κ3) is 4.06. The number of hydrogen-bond donors (Lipinski definition) is 0. The summed E-state index contributed by atoms with van der Waals surface area (Å²) in [5, 5.41) is 8.39. The van der Waals surface area contributed by atoms with E-state index in [1.807, 2.05) is 54.6 Å². The van der Waals surface area contributed by atoms with Gasteiger partial charge in [-0.25, -0.2) is 8.78 Å². The van der Waals surface area contributed by atoms with Crippen molar-refractivity contribution in [3.63, 3.8) is 0 Å². The summed E-state index contributed by atoms with van der Waals surface area (Å²) in [5.74, 6) is -0.786. The maximum absolute atomic E-state index is 14.0. The summed E-state index contributed by atoms with van der Waals surface area (Å²) in [7, 11) is 1.60. The molecule has 0 atom stereocenters. The molecule has 0 spiro atoms. The molecule has 0 amide bonds. The van der Waals surface area contributed by atoms with E-state index < -0.39 is 11.6 Å². The van der Waals surface area contributed by atoms with Gasteiger partial charge in [-0.3, -0.25) is 0 Å². The van der Waals surface area contributed by atoms with E-state index in [1.165, 1.54) is 6.07 Å². The molecule has 144 valence electrons. The molecule has 1 heterocycles. The number of nitrogens with zero attached hydrogens (tertiary/aromatic N) is 2. The van der Waals surface area contributed by atoms with E-state index in [0.717, 1.165) is 34.6 Å². The SMILES string of the molecule is COc1ccc(-c2nnc(Oc3ccc(F)cc3F)cc2-c2ccccc2)cc1. The molecule has 0 unspecified atom stereocenters. The van der Waals surface area contributed by atoms with Crippen LogP contribution in [0.15, 0.2) is 78.9 Å². The van der Waals surface area contributed by atoms with Crippen LogP contribution in [0.5, 0.6) is 17.4 Å². The first-order valence-electron chi connectivity index (χ1n) is 8.84. The van der Waals surface area contributed by atoms with Crippen LogP contribution in [0.3, 0.4) is 0 Å². The van der Waals surface area contributed by atoms with Crippen LogP contribution < -0.4 is 9.47 Å². The van der Waals surface area contributed by atoms with Gasteiger partial charge in [0.05, 0.1) is 7.11 Å². The molecule has 0 aliphatic carbocycles. The quantitative estimate of drug-likeness (QED) is 0.426. The Balaban J connectivity index is 1.77. The minimum atomic E-state index is -0.813. The fraction of sp³-hybridized carbons (Fsp3) is 0.0435. The van der Waals surface area contributed by atoms with Gasteiger partial charge in [0.2, 0.25) is 5.88 Å². The molecule has 0 saturated heterocycles. The predicted molar refractivity (Wildman–Crippen MR) is 106 cm³/mol. The van der Waals surface area contributed by atoms with Crippen molar-refractivity contribution >= 4 is 0 Å². The Morgan fingerprint density at radius 2 is 1.52 bits per heavy atom. The summed E-state index contributed by atoms with van der Waals surface area (Å²) in [6.45, 7) is 0. The van der Waals surface area contributed by atoms with Crippen LogP contribution in [-0.4, -0.2) is 17.3 Å². The van der Waals surface area contributed by atoms with Crippen molar-refractivity contribution in [2.24, 2.45) is 0 Å². The third-order valence-corrected chi connectivity index (χ3v) is 4.33. The van der Waals surface area contributed by atoms with Crippen molar-refractivity contribution < 1.29 is 18.3 Å². The van der Waals surface area contributed by atoms with Gasteiger partial charge in [0.1, 0.15) is 17.3 Å². The monoisotopic (exact) mass is 390 g/mol. The largest absolute Gasteiger partial charge is 0.497 e. The van der Waals surface area contributed by atoms with Crippen LogP contribution >= 0.6 is 0 Å². The third-order valence-electron chi connectivity index (χ3n) is 4.33. The molecule has 29 heavy (non-hydrogen) atoms. The van der Waals surface area contributed by atoms with E-state index in [1.54, 1.807) is 13.2 Å². The number of aromatic nitrogens is 2. The summed E-state index contributed by atoms with van der Waals surface area (Å²) in [6.07, 6.45) is 0. The highest BCUT2D eigenvalue weighted by molar-refractivity contribution is 5.81. The van der Waals surface area contributed by atoms with Gasteiger partial charge < -0.3 is 9.47 Å². The van der Waals surface area contributed by atoms with Crippen molar-refractivity contribution in [3.8, 4) is 39.8 Å². The van der Waals surface area contributed by atoms with Crippen molar-refractivity contribution in [1.82, 2.24) is 10.2 Å². The van der Waals surface area contributed by atoms with Crippen LogP contribution in [0.1, 0.15) is 0 Å². The predicted octanol–water partition coefficient (Wildman–Crippen LogP) is 5.89. The van der Waals surface area contributed by atoms with Crippen molar-refractivity contribution in [3.05, 3.63) is 90.5 Å². The summed E-state index contributed by atoms with van der Waals surface area (Å²) < 4.78 is 37.8. The second-order valence-corrected chi connectivity index (χ2v) is 6.22. The minimum absolute atomic E-state index is 0.103. The molecule has 6 heteroatoms. The van der Waals surface area contributed by atoms with Gasteiger partial charge in [0.25, 0.3) is 0 Å². The average Bonchev–Trinajstić information content (AvgIpc) is 2.76. The molecule has 0 bridgehead atoms. The van der Waals surface area contributed by atoms with E-state index in [-0.39, 0.29) is 11.6 Å². The Morgan fingerprint density at radius 3 is 2.21 bits per heavy atom. The molecule has 0 radical (unpaired) electrons. The molecule has 0 N–H and O–H groups in total. The fourth-order valence-electron chi connectivity index (χ4n) is 2.89. The van der Waals surface area contributed by atoms with Gasteiger partial charge >= 0.3 is 0 Å². The maximum Gasteiger partial charge on any atom is 0.239 e. The van der Waals surface area contributed by atoms with Crippen molar-refractivity contribution in [1.29, 1.82) is 0 Å². The summed E-state index contributed by atoms with van der Waals surface area (Å²) in [4.78, 5) is 0. The van der Waals surface area contributed by atoms with Gasteiger partial charge in [-0.15, -0.1) is 10.2 Å². The molecule has 1 aromatic heterocycles. The smallest absolute Gasteiger partial charge is 0.239 e. The van der Waals surface area contributed by atoms with E-state index in [4.69, 9.17) is 9.47 Å². The number of methoxy groups -OCH3 is 1. The first-order valence-corrected chi connectivity index (χ1v) is 8.84. The molecule has 0 saturated carbocycles. The topological polar surface area (TPSA) is 44.2 Å². The highest BCUT2D eigenvalue weighted by atomic mass is 19.1. The normalized spacial score (nSPS) is 10.6. The fourth-order valence-corrected chi connectivity index (χ4v) is 2.89. The van der Waals surface area contributed by atoms with Crippen molar-refractivity contribution in [2.45, 2.75) is 0 Å². The van der Waals surface area contributed by atoms with Gasteiger partial charge in [0.15, 0.2) is 11.6 Å². The highest BCUT2D eigenvalue weighted by Crippen LogP contribution is 2.34. The summed E-state index contributed by atoms with van der Waals surface area (Å²) in [6, 6.07) is 21.8. The Morgan fingerprint density at radius 1 is 0.759 bits per heavy atom. The molecule has 3 aromatic carbocycles. The van der Waals surface area contributed by atoms with Gasteiger partial charge in [-0.05, 0) is 42.0 Å². The van der Waals surface area contributed by atoms with Gasteiger partial charge in [-0.2, -0.15) is 0 Å². The number of hydrogen-bond acceptors (Lipinski definition) is 4. The zero-order chi connectivity index (χ0) is 20.2. The molecule has 0 aliphatic rings. The molecular weight excluding hydrogens is 374 g/mol. The number of halogens is 2. The van der Waals surface area contributed by atoms with Crippen LogP contribution in [0.2, 0.25) is 0 Å². The zero-order valence-corrected chi connectivity index (χ0v) is 15.5. The molecule has 0 aliphatic heterocycles. The molecular formula is C23H16F2N2O2. The van der Waals surface area contributed by atoms with Crippen LogP contribution in [0.25, 0.3) is 22.4 Å². The Kier molecular flexibility index (Phi) is 5.16. The minimum Gasteiger partial charge on any atom is -0.497 e. The van der Waals surface area contributed by atoms with Gasteiger partial charge in [0, 0.05) is 23.3 Å². The summed E-state index contributed by atoms with van der Waals surface area (Å²) >= 11 is 0. The Hall–Kier alpha value is -3.80. The lowest BCUT2D eigenvalue weighted by Gasteiger charge is -2.12. The highest BCUT2D eigenvalue weighted by Gasteiger charge is 2.14.